The molecule has 0 amide bonds. The molecule has 0 fully saturated rings. The molecule has 78 valence electrons. The fourth-order valence-electron chi connectivity index (χ4n) is 0.879. The zero-order valence-electron chi connectivity index (χ0n) is 8.20. The van der Waals surface area contributed by atoms with Crippen molar-refractivity contribution in [3.05, 3.63) is 0 Å². The number of hydrogen-bond acceptors (Lipinski definition) is 3. The Balaban J connectivity index is 0. The summed E-state index contributed by atoms with van der Waals surface area (Å²) in [5.41, 5.74) is 0.520. The molecule has 3 N–H and O–H groups in total. The molecule has 0 aromatic rings. The van der Waals surface area contributed by atoms with Gasteiger partial charge in [0.25, 0.3) is 0 Å². The summed E-state index contributed by atoms with van der Waals surface area (Å²) in [6, 6.07) is 0. The van der Waals surface area contributed by atoms with Crippen LogP contribution < -0.4 is 0 Å². The molecular formula is C8H17NO4. The lowest BCUT2D eigenvalue weighted by Gasteiger charge is -2.07. The molecule has 0 aliphatic rings. The van der Waals surface area contributed by atoms with Crippen molar-refractivity contribution in [1.29, 1.82) is 0 Å². The Labute approximate surface area is 77.7 Å². The van der Waals surface area contributed by atoms with Gasteiger partial charge in [0.1, 0.15) is 6.61 Å². The zero-order valence-corrected chi connectivity index (χ0v) is 8.20. The van der Waals surface area contributed by atoms with Crippen molar-refractivity contribution in [2.24, 2.45) is 11.1 Å². The monoisotopic (exact) mass is 191 g/mol. The normalized spacial score (nSPS) is 13.0. The quantitative estimate of drug-likeness (QED) is 0.511. The van der Waals surface area contributed by atoms with E-state index >= 15 is 0 Å². The van der Waals surface area contributed by atoms with Crippen LogP contribution in [-0.2, 0) is 9.63 Å². The molecule has 0 radical (unpaired) electrons. The first-order valence-corrected chi connectivity index (χ1v) is 4.02. The predicted octanol–water partition coefficient (Wildman–Crippen LogP) is 0.685. The van der Waals surface area contributed by atoms with Gasteiger partial charge in [-0.25, -0.2) is 0 Å². The maximum atomic E-state index is 10.6. The van der Waals surface area contributed by atoms with Crippen LogP contribution in [0.15, 0.2) is 5.16 Å². The van der Waals surface area contributed by atoms with E-state index in [4.69, 9.17) is 9.94 Å². The molecule has 0 aliphatic heterocycles. The lowest BCUT2D eigenvalue weighted by molar-refractivity contribution is -0.139. The minimum atomic E-state index is -0.849. The molecule has 5 nitrogen and oxygen atoms in total. The number of carboxylic acid groups (broad SMARTS) is 1. The summed E-state index contributed by atoms with van der Waals surface area (Å²) in [5, 5.41) is 12.4. The predicted molar refractivity (Wildman–Crippen MR) is 49.8 cm³/mol. The van der Waals surface area contributed by atoms with E-state index in [9.17, 15) is 4.79 Å². The smallest absolute Gasteiger partial charge is 0.312 e. The second-order valence-electron chi connectivity index (χ2n) is 2.45. The molecule has 0 saturated carbocycles. The second-order valence-corrected chi connectivity index (χ2v) is 2.45. The molecule has 0 bridgehead atoms. The van der Waals surface area contributed by atoms with E-state index in [1.54, 1.807) is 13.8 Å². The number of rotatable bonds is 5. The van der Waals surface area contributed by atoms with Gasteiger partial charge in [-0.1, -0.05) is 12.1 Å². The van der Waals surface area contributed by atoms with Crippen LogP contribution in [0.5, 0.6) is 0 Å². The average Bonchev–Trinajstić information content (AvgIpc) is 2.01. The summed E-state index contributed by atoms with van der Waals surface area (Å²) < 4.78 is 0. The maximum absolute atomic E-state index is 10.6. The Morgan fingerprint density at radius 1 is 1.54 bits per heavy atom. The van der Waals surface area contributed by atoms with Crippen LogP contribution in [0.4, 0.5) is 0 Å². The van der Waals surface area contributed by atoms with Gasteiger partial charge in [0.15, 0.2) is 0 Å². The molecule has 1 unspecified atom stereocenters. The summed E-state index contributed by atoms with van der Waals surface area (Å²) >= 11 is 0. The molecule has 13 heavy (non-hydrogen) atoms. The Morgan fingerprint density at radius 2 is 2.08 bits per heavy atom. The number of carbonyl (C=O) groups is 1. The van der Waals surface area contributed by atoms with Crippen LogP contribution in [0.3, 0.4) is 0 Å². The fraction of sp³-hybridized carbons (Fsp3) is 0.750. The Hall–Kier alpha value is -1.10. The standard InChI is InChI=1S/C8H15NO3.H2O/c1-4-7(8(10)11)6(3)9-12-5-2;/h7H,4-5H2,1-3H3,(H,10,11);1H2. The van der Waals surface area contributed by atoms with E-state index in [1.807, 2.05) is 6.92 Å². The van der Waals surface area contributed by atoms with Crippen LogP contribution in [0.2, 0.25) is 0 Å². The third-order valence-corrected chi connectivity index (χ3v) is 1.55. The van der Waals surface area contributed by atoms with Gasteiger partial charge in [-0.3, -0.25) is 4.79 Å². The summed E-state index contributed by atoms with van der Waals surface area (Å²) in [5.74, 6) is -1.37. The van der Waals surface area contributed by atoms with Crippen molar-refractivity contribution in [2.45, 2.75) is 27.2 Å². The first kappa shape index (κ1) is 14.4. The van der Waals surface area contributed by atoms with Crippen molar-refractivity contribution in [1.82, 2.24) is 0 Å². The van der Waals surface area contributed by atoms with Crippen molar-refractivity contribution in [3.63, 3.8) is 0 Å². The Bertz CT molecular complexity index is 179. The number of carboxylic acids is 1. The van der Waals surface area contributed by atoms with Crippen LogP contribution in [0, 0.1) is 5.92 Å². The van der Waals surface area contributed by atoms with Gasteiger partial charge in [0.05, 0.1) is 11.6 Å². The molecule has 1 atom stereocenters. The van der Waals surface area contributed by atoms with E-state index in [-0.39, 0.29) is 5.48 Å². The van der Waals surface area contributed by atoms with Gasteiger partial charge in [-0.2, -0.15) is 0 Å². The maximum Gasteiger partial charge on any atom is 0.312 e. The SMILES string of the molecule is CCON=C(C)C(CC)C(=O)O.O. The topological polar surface area (TPSA) is 90.4 Å². The van der Waals surface area contributed by atoms with Crippen molar-refractivity contribution >= 4 is 11.7 Å². The number of nitrogens with zero attached hydrogens (tertiary/aromatic N) is 1. The lowest BCUT2D eigenvalue weighted by atomic mass is 10.0. The summed E-state index contributed by atoms with van der Waals surface area (Å²) in [4.78, 5) is 15.4. The van der Waals surface area contributed by atoms with Crippen LogP contribution in [-0.4, -0.2) is 28.9 Å². The molecule has 0 aromatic carbocycles. The molecule has 0 aliphatic carbocycles. The Morgan fingerprint density at radius 3 is 2.38 bits per heavy atom. The number of hydrogen-bond donors (Lipinski definition) is 1. The Kier molecular flexibility index (Phi) is 8.37. The average molecular weight is 191 g/mol. The molecule has 5 heteroatoms. The molecular weight excluding hydrogens is 174 g/mol. The van der Waals surface area contributed by atoms with E-state index in [0.717, 1.165) is 0 Å². The first-order chi connectivity index (χ1) is 5.63. The van der Waals surface area contributed by atoms with Gasteiger partial charge in [0.2, 0.25) is 0 Å². The highest BCUT2D eigenvalue weighted by Crippen LogP contribution is 2.05. The zero-order chi connectivity index (χ0) is 9.56. The van der Waals surface area contributed by atoms with Crippen LogP contribution in [0.25, 0.3) is 0 Å². The summed E-state index contributed by atoms with van der Waals surface area (Å²) in [7, 11) is 0. The third-order valence-electron chi connectivity index (χ3n) is 1.55. The largest absolute Gasteiger partial charge is 0.481 e. The van der Waals surface area contributed by atoms with Crippen molar-refractivity contribution in [3.8, 4) is 0 Å². The van der Waals surface area contributed by atoms with Crippen molar-refractivity contribution in [2.75, 3.05) is 6.61 Å². The highest BCUT2D eigenvalue weighted by Gasteiger charge is 2.18. The minimum Gasteiger partial charge on any atom is -0.481 e. The van der Waals surface area contributed by atoms with E-state index < -0.39 is 11.9 Å². The van der Waals surface area contributed by atoms with Crippen LogP contribution >= 0.6 is 0 Å². The molecule has 0 spiro atoms. The fourth-order valence-corrected chi connectivity index (χ4v) is 0.879. The first-order valence-electron chi connectivity index (χ1n) is 4.02. The van der Waals surface area contributed by atoms with E-state index in [0.29, 0.717) is 18.7 Å². The van der Waals surface area contributed by atoms with Gasteiger partial charge in [-0.15, -0.1) is 0 Å². The van der Waals surface area contributed by atoms with Gasteiger partial charge in [-0.05, 0) is 20.3 Å². The highest BCUT2D eigenvalue weighted by atomic mass is 16.6. The van der Waals surface area contributed by atoms with E-state index in [1.165, 1.54) is 0 Å². The van der Waals surface area contributed by atoms with Crippen molar-refractivity contribution < 1.29 is 20.2 Å². The van der Waals surface area contributed by atoms with Gasteiger partial charge >= 0.3 is 5.97 Å². The highest BCUT2D eigenvalue weighted by molar-refractivity contribution is 5.99. The second kappa shape index (κ2) is 7.54. The molecule has 0 rings (SSSR count). The summed E-state index contributed by atoms with van der Waals surface area (Å²) in [6.45, 7) is 5.74. The van der Waals surface area contributed by atoms with Gasteiger partial charge in [0, 0.05) is 0 Å². The number of oxime groups is 1. The third kappa shape index (κ3) is 5.19. The van der Waals surface area contributed by atoms with Gasteiger partial charge < -0.3 is 15.4 Å². The molecule has 0 aromatic heterocycles. The number of aliphatic carboxylic acids is 1. The minimum absolute atomic E-state index is 0. The van der Waals surface area contributed by atoms with Crippen LogP contribution in [0.1, 0.15) is 27.2 Å². The molecule has 0 saturated heterocycles. The lowest BCUT2D eigenvalue weighted by Crippen LogP contribution is -2.20. The van der Waals surface area contributed by atoms with E-state index in [2.05, 4.69) is 5.16 Å². The summed E-state index contributed by atoms with van der Waals surface area (Å²) in [6.07, 6.45) is 0.539. The molecule has 0 heterocycles.